The molecule has 1 fully saturated rings. The van der Waals surface area contributed by atoms with E-state index in [2.05, 4.69) is 39.5 Å². The van der Waals surface area contributed by atoms with Gasteiger partial charge in [-0.1, -0.05) is 36.4 Å². The van der Waals surface area contributed by atoms with E-state index >= 15 is 0 Å². The van der Waals surface area contributed by atoms with Crippen LogP contribution in [0.25, 0.3) is 10.2 Å². The lowest BCUT2D eigenvalue weighted by Crippen LogP contribution is -2.40. The van der Waals surface area contributed by atoms with Gasteiger partial charge in [-0.25, -0.2) is 4.98 Å². The number of aromatic nitrogens is 1. The Morgan fingerprint density at radius 3 is 2.97 bits per heavy atom. The molecule has 1 aliphatic rings. The number of nitrogens with zero attached hydrogens (tertiary/aromatic N) is 2. The van der Waals surface area contributed by atoms with E-state index in [1.165, 1.54) is 16.9 Å². The first kappa shape index (κ1) is 20.0. The summed E-state index contributed by atoms with van der Waals surface area (Å²) in [6, 6.07) is 14.4. The van der Waals surface area contributed by atoms with Gasteiger partial charge in [0.15, 0.2) is 0 Å². The number of fused-ring (bicyclic) bond motifs is 1. The van der Waals surface area contributed by atoms with Gasteiger partial charge in [-0.2, -0.15) is 0 Å². The molecule has 1 saturated heterocycles. The lowest BCUT2D eigenvalue weighted by Gasteiger charge is -2.33. The van der Waals surface area contributed by atoms with Crippen LogP contribution in [0.3, 0.4) is 0 Å². The van der Waals surface area contributed by atoms with Gasteiger partial charge in [-0.05, 0) is 18.1 Å². The van der Waals surface area contributed by atoms with Gasteiger partial charge >= 0.3 is 0 Å². The highest BCUT2D eigenvalue weighted by molar-refractivity contribution is 7.20. The van der Waals surface area contributed by atoms with Crippen molar-refractivity contribution in [1.82, 2.24) is 15.2 Å². The van der Waals surface area contributed by atoms with E-state index in [4.69, 9.17) is 9.84 Å². The summed E-state index contributed by atoms with van der Waals surface area (Å²) in [5.74, 6) is -0.179. The molecule has 3 heterocycles. The number of rotatable bonds is 7. The maximum absolute atomic E-state index is 12.7. The Morgan fingerprint density at radius 1 is 1.28 bits per heavy atom. The Morgan fingerprint density at radius 2 is 2.14 bits per heavy atom. The molecule has 0 saturated carbocycles. The van der Waals surface area contributed by atoms with Crippen molar-refractivity contribution >= 4 is 27.5 Å². The van der Waals surface area contributed by atoms with Crippen molar-refractivity contribution in [1.29, 1.82) is 0 Å². The van der Waals surface area contributed by atoms with Crippen LogP contribution >= 0.6 is 11.3 Å². The molecule has 0 aliphatic carbocycles. The molecule has 1 amide bonds. The van der Waals surface area contributed by atoms with Crippen molar-refractivity contribution in [2.45, 2.75) is 12.5 Å². The van der Waals surface area contributed by atoms with Gasteiger partial charge in [-0.3, -0.25) is 9.69 Å². The van der Waals surface area contributed by atoms with Crippen molar-refractivity contribution in [3.63, 3.8) is 0 Å². The van der Waals surface area contributed by atoms with Crippen molar-refractivity contribution < 1.29 is 14.6 Å². The lowest BCUT2D eigenvalue weighted by atomic mass is 10.0. The van der Waals surface area contributed by atoms with E-state index in [1.807, 2.05) is 18.2 Å². The van der Waals surface area contributed by atoms with E-state index in [0.29, 0.717) is 11.5 Å². The minimum atomic E-state index is -0.179. The Kier molecular flexibility index (Phi) is 6.51. The second-order valence-electron chi connectivity index (χ2n) is 7.08. The number of thiophene rings is 1. The fourth-order valence-corrected chi connectivity index (χ4v) is 4.81. The van der Waals surface area contributed by atoms with Crippen LogP contribution in [0.5, 0.6) is 0 Å². The largest absolute Gasteiger partial charge is 0.395 e. The van der Waals surface area contributed by atoms with Crippen molar-refractivity contribution in [3.8, 4) is 0 Å². The monoisotopic (exact) mass is 411 g/mol. The first-order chi connectivity index (χ1) is 14.3. The minimum absolute atomic E-state index is 0.0859. The number of ether oxygens (including phenoxy) is 1. The zero-order valence-corrected chi connectivity index (χ0v) is 17.0. The second-order valence-corrected chi connectivity index (χ2v) is 8.08. The van der Waals surface area contributed by atoms with Gasteiger partial charge in [0.1, 0.15) is 9.71 Å². The summed E-state index contributed by atoms with van der Waals surface area (Å²) in [6.45, 7) is 3.36. The average Bonchev–Trinajstić information content (AvgIpc) is 3.17. The third kappa shape index (κ3) is 4.64. The lowest BCUT2D eigenvalue weighted by molar-refractivity contribution is -0.0289. The molecule has 1 unspecified atom stereocenters. The standard InChI is InChI=1S/C22H25N3O3S/c26-13-10-23-21(27)20-19(17-7-4-9-24-22(17)29-20)18-15-25(12-14-28-18)11-8-16-5-2-1-3-6-16/h1-7,9,18,26H,8,10-15H2,(H,23,27). The van der Waals surface area contributed by atoms with Gasteiger partial charge in [-0.15, -0.1) is 11.3 Å². The fraction of sp³-hybridized carbons (Fsp3) is 0.364. The first-order valence-electron chi connectivity index (χ1n) is 9.90. The van der Waals surface area contributed by atoms with E-state index in [0.717, 1.165) is 41.8 Å². The molecule has 1 aliphatic heterocycles. The van der Waals surface area contributed by atoms with E-state index < -0.39 is 0 Å². The van der Waals surface area contributed by atoms with Crippen molar-refractivity contribution in [2.75, 3.05) is 39.4 Å². The highest BCUT2D eigenvalue weighted by Gasteiger charge is 2.29. The fourth-order valence-electron chi connectivity index (χ4n) is 3.70. The maximum atomic E-state index is 12.7. The van der Waals surface area contributed by atoms with Gasteiger partial charge in [0, 0.05) is 43.3 Å². The Hall–Kier alpha value is -2.32. The number of amides is 1. The number of aliphatic hydroxyl groups is 1. The molecule has 1 aromatic carbocycles. The number of carbonyl (C=O) groups is 1. The smallest absolute Gasteiger partial charge is 0.261 e. The SMILES string of the molecule is O=C(NCCO)c1sc2ncccc2c1C1CN(CCc2ccccc2)CCO1. The number of pyridine rings is 1. The van der Waals surface area contributed by atoms with Crippen molar-refractivity contribution in [3.05, 3.63) is 64.7 Å². The summed E-state index contributed by atoms with van der Waals surface area (Å²) in [5, 5.41) is 12.8. The zero-order valence-electron chi connectivity index (χ0n) is 16.2. The number of morpholine rings is 1. The molecule has 1 atom stereocenters. The van der Waals surface area contributed by atoms with Gasteiger partial charge in [0.25, 0.3) is 5.91 Å². The number of carbonyl (C=O) groups excluding carboxylic acids is 1. The highest BCUT2D eigenvalue weighted by Crippen LogP contribution is 2.37. The van der Waals surface area contributed by atoms with Crippen LogP contribution in [-0.2, 0) is 11.2 Å². The molecule has 0 bridgehead atoms. The van der Waals surface area contributed by atoms with Crippen molar-refractivity contribution in [2.24, 2.45) is 0 Å². The first-order valence-corrected chi connectivity index (χ1v) is 10.7. The molecule has 3 aromatic rings. The Balaban J connectivity index is 1.55. The average molecular weight is 412 g/mol. The third-order valence-corrected chi connectivity index (χ3v) is 6.27. The molecule has 4 rings (SSSR count). The third-order valence-electron chi connectivity index (χ3n) is 5.14. The summed E-state index contributed by atoms with van der Waals surface area (Å²) < 4.78 is 6.12. The molecular formula is C22H25N3O3S. The highest BCUT2D eigenvalue weighted by atomic mass is 32.1. The molecule has 0 spiro atoms. The molecule has 29 heavy (non-hydrogen) atoms. The van der Waals surface area contributed by atoms with Crippen LogP contribution in [0.2, 0.25) is 0 Å². The zero-order chi connectivity index (χ0) is 20.1. The van der Waals surface area contributed by atoms with Gasteiger partial charge in [0.2, 0.25) is 0 Å². The normalized spacial score (nSPS) is 17.5. The molecule has 0 radical (unpaired) electrons. The summed E-state index contributed by atoms with van der Waals surface area (Å²) in [6.07, 6.45) is 2.56. The van der Waals surface area contributed by atoms with E-state index in [1.54, 1.807) is 6.20 Å². The van der Waals surface area contributed by atoms with Crippen LogP contribution in [0.4, 0.5) is 0 Å². The van der Waals surface area contributed by atoms with Gasteiger partial charge in [0.05, 0.1) is 19.3 Å². The van der Waals surface area contributed by atoms with Crippen LogP contribution < -0.4 is 5.32 Å². The van der Waals surface area contributed by atoms with E-state index in [-0.39, 0.29) is 25.2 Å². The predicted octanol–water partition coefficient (Wildman–Crippen LogP) is 2.63. The van der Waals surface area contributed by atoms with Crippen LogP contribution in [0.15, 0.2) is 48.7 Å². The Labute approximate surface area is 174 Å². The molecular weight excluding hydrogens is 386 g/mol. The van der Waals surface area contributed by atoms with Gasteiger partial charge < -0.3 is 15.2 Å². The minimum Gasteiger partial charge on any atom is -0.395 e. The van der Waals surface area contributed by atoms with Crippen LogP contribution in [0, 0.1) is 0 Å². The summed E-state index contributed by atoms with van der Waals surface area (Å²) >= 11 is 1.38. The number of nitrogens with one attached hydrogen (secondary N) is 1. The molecule has 2 N–H and O–H groups in total. The predicted molar refractivity (Wildman–Crippen MR) is 114 cm³/mol. The molecule has 2 aromatic heterocycles. The summed E-state index contributed by atoms with van der Waals surface area (Å²) in [5.41, 5.74) is 2.24. The molecule has 6 nitrogen and oxygen atoms in total. The van der Waals surface area contributed by atoms with Crippen LogP contribution in [-0.4, -0.2) is 60.3 Å². The van der Waals surface area contributed by atoms with Crippen LogP contribution in [0.1, 0.15) is 26.9 Å². The van der Waals surface area contributed by atoms with E-state index in [9.17, 15) is 4.79 Å². The second kappa shape index (κ2) is 9.45. The maximum Gasteiger partial charge on any atom is 0.261 e. The quantitative estimate of drug-likeness (QED) is 0.625. The number of benzene rings is 1. The topological polar surface area (TPSA) is 74.7 Å². The number of hydrogen-bond acceptors (Lipinski definition) is 6. The summed E-state index contributed by atoms with van der Waals surface area (Å²) in [7, 11) is 0. The summed E-state index contributed by atoms with van der Waals surface area (Å²) in [4.78, 5) is 21.0. The molecule has 7 heteroatoms. The number of aliphatic hydroxyl groups excluding tert-OH is 1. The molecule has 152 valence electrons. The number of hydrogen-bond donors (Lipinski definition) is 2. The Bertz CT molecular complexity index is 960.